The summed E-state index contributed by atoms with van der Waals surface area (Å²) in [6.07, 6.45) is 0.131. The second-order valence-electron chi connectivity index (χ2n) is 3.53. The molecule has 0 aromatic heterocycles. The fourth-order valence-corrected chi connectivity index (χ4v) is 1.14. The predicted octanol–water partition coefficient (Wildman–Crippen LogP) is 1.49. The van der Waals surface area contributed by atoms with Crippen molar-refractivity contribution in [3.63, 3.8) is 0 Å². The standard InChI is InChI=1S/C9H17NO4/c1-4-14-9(11)5-8(7(2)3)6-10(12)13/h7-8H,4-6H2,1-3H3. The molecule has 0 saturated carbocycles. The molecule has 0 aliphatic carbocycles. The van der Waals surface area contributed by atoms with Crippen LogP contribution in [-0.4, -0.2) is 24.0 Å². The highest BCUT2D eigenvalue weighted by molar-refractivity contribution is 5.69. The molecule has 0 fully saturated rings. The van der Waals surface area contributed by atoms with Crippen molar-refractivity contribution in [1.82, 2.24) is 0 Å². The number of hydrogen-bond acceptors (Lipinski definition) is 4. The molecule has 82 valence electrons. The second kappa shape index (κ2) is 6.34. The summed E-state index contributed by atoms with van der Waals surface area (Å²) in [5, 5.41) is 10.3. The zero-order valence-electron chi connectivity index (χ0n) is 8.86. The third-order valence-electron chi connectivity index (χ3n) is 2.06. The molecule has 0 aromatic rings. The molecule has 0 N–H and O–H groups in total. The highest BCUT2D eigenvalue weighted by atomic mass is 16.6. The van der Waals surface area contributed by atoms with E-state index in [2.05, 4.69) is 0 Å². The maximum atomic E-state index is 11.1. The first-order chi connectivity index (χ1) is 6.47. The second-order valence-corrected chi connectivity index (χ2v) is 3.53. The first kappa shape index (κ1) is 12.9. The lowest BCUT2D eigenvalue weighted by Crippen LogP contribution is -2.23. The van der Waals surface area contributed by atoms with Crippen molar-refractivity contribution in [2.45, 2.75) is 27.2 Å². The Kier molecular flexibility index (Phi) is 5.83. The summed E-state index contributed by atoms with van der Waals surface area (Å²) in [6, 6.07) is 0. The molecule has 0 saturated heterocycles. The highest BCUT2D eigenvalue weighted by Gasteiger charge is 2.23. The van der Waals surface area contributed by atoms with Gasteiger partial charge in [-0.1, -0.05) is 13.8 Å². The van der Waals surface area contributed by atoms with Gasteiger partial charge < -0.3 is 4.74 Å². The molecular weight excluding hydrogens is 186 g/mol. The van der Waals surface area contributed by atoms with Crippen LogP contribution in [0.3, 0.4) is 0 Å². The van der Waals surface area contributed by atoms with Crippen molar-refractivity contribution in [3.8, 4) is 0 Å². The lowest BCUT2D eigenvalue weighted by molar-refractivity contribution is -0.489. The first-order valence-corrected chi connectivity index (χ1v) is 4.74. The number of rotatable bonds is 6. The molecule has 0 bridgehead atoms. The van der Waals surface area contributed by atoms with E-state index in [1.54, 1.807) is 6.92 Å². The van der Waals surface area contributed by atoms with Crippen LogP contribution >= 0.6 is 0 Å². The minimum absolute atomic E-state index is 0.116. The number of ether oxygens (including phenoxy) is 1. The molecule has 1 atom stereocenters. The van der Waals surface area contributed by atoms with Gasteiger partial charge in [0.05, 0.1) is 13.0 Å². The van der Waals surface area contributed by atoms with Crippen LogP contribution < -0.4 is 0 Å². The van der Waals surface area contributed by atoms with E-state index in [4.69, 9.17) is 4.74 Å². The molecule has 0 aliphatic rings. The third-order valence-corrected chi connectivity index (χ3v) is 2.06. The summed E-state index contributed by atoms with van der Waals surface area (Å²) >= 11 is 0. The van der Waals surface area contributed by atoms with Crippen LogP contribution in [0.15, 0.2) is 0 Å². The maximum absolute atomic E-state index is 11.1. The summed E-state index contributed by atoms with van der Waals surface area (Å²) < 4.78 is 4.74. The minimum Gasteiger partial charge on any atom is -0.466 e. The lowest BCUT2D eigenvalue weighted by atomic mass is 9.93. The van der Waals surface area contributed by atoms with Crippen LogP contribution in [0.2, 0.25) is 0 Å². The zero-order chi connectivity index (χ0) is 11.1. The molecular formula is C9H17NO4. The van der Waals surface area contributed by atoms with Crippen LogP contribution in [0, 0.1) is 22.0 Å². The Labute approximate surface area is 83.6 Å². The summed E-state index contributed by atoms with van der Waals surface area (Å²) in [5.74, 6) is -0.470. The predicted molar refractivity (Wildman–Crippen MR) is 51.4 cm³/mol. The van der Waals surface area contributed by atoms with Crippen LogP contribution in [0.1, 0.15) is 27.2 Å². The molecule has 0 spiro atoms. The van der Waals surface area contributed by atoms with E-state index in [1.165, 1.54) is 0 Å². The van der Waals surface area contributed by atoms with E-state index in [9.17, 15) is 14.9 Å². The molecule has 0 aliphatic heterocycles. The summed E-state index contributed by atoms with van der Waals surface area (Å²) in [6.45, 7) is 5.61. The fraction of sp³-hybridized carbons (Fsp3) is 0.889. The van der Waals surface area contributed by atoms with Gasteiger partial charge >= 0.3 is 5.97 Å². The quantitative estimate of drug-likeness (QED) is 0.372. The molecule has 5 nitrogen and oxygen atoms in total. The number of nitrogens with zero attached hydrogens (tertiary/aromatic N) is 1. The largest absolute Gasteiger partial charge is 0.466 e. The Hall–Kier alpha value is -1.13. The maximum Gasteiger partial charge on any atom is 0.306 e. The van der Waals surface area contributed by atoms with Crippen molar-refractivity contribution in [1.29, 1.82) is 0 Å². The summed E-state index contributed by atoms with van der Waals surface area (Å²) in [5.41, 5.74) is 0. The number of nitro groups is 1. The van der Waals surface area contributed by atoms with E-state index in [0.29, 0.717) is 6.61 Å². The van der Waals surface area contributed by atoms with E-state index >= 15 is 0 Å². The molecule has 0 heterocycles. The van der Waals surface area contributed by atoms with Gasteiger partial charge in [-0.05, 0) is 12.8 Å². The summed E-state index contributed by atoms with van der Waals surface area (Å²) in [7, 11) is 0. The monoisotopic (exact) mass is 203 g/mol. The van der Waals surface area contributed by atoms with Gasteiger partial charge in [0.15, 0.2) is 0 Å². The molecule has 0 aromatic carbocycles. The summed E-state index contributed by atoms with van der Waals surface area (Å²) in [4.78, 5) is 21.0. The van der Waals surface area contributed by atoms with Gasteiger partial charge in [-0.15, -0.1) is 0 Å². The highest BCUT2D eigenvalue weighted by Crippen LogP contribution is 2.16. The molecule has 0 radical (unpaired) electrons. The van der Waals surface area contributed by atoms with E-state index in [-0.39, 0.29) is 35.7 Å². The Morgan fingerprint density at radius 3 is 2.43 bits per heavy atom. The van der Waals surface area contributed by atoms with Crippen LogP contribution in [0.4, 0.5) is 0 Å². The van der Waals surface area contributed by atoms with Crippen LogP contribution in [0.5, 0.6) is 0 Å². The van der Waals surface area contributed by atoms with Crippen LogP contribution in [0.25, 0.3) is 0 Å². The van der Waals surface area contributed by atoms with E-state index < -0.39 is 0 Å². The molecule has 0 amide bonds. The molecule has 14 heavy (non-hydrogen) atoms. The number of hydrogen-bond donors (Lipinski definition) is 0. The normalized spacial score (nSPS) is 12.6. The average Bonchev–Trinajstić information content (AvgIpc) is 2.02. The molecule has 1 unspecified atom stereocenters. The number of carbonyl (C=O) groups is 1. The Morgan fingerprint density at radius 1 is 1.50 bits per heavy atom. The SMILES string of the molecule is CCOC(=O)CC(C[N+](=O)[O-])C(C)C. The van der Waals surface area contributed by atoms with Gasteiger partial charge in [-0.25, -0.2) is 0 Å². The van der Waals surface area contributed by atoms with E-state index in [0.717, 1.165) is 0 Å². The minimum atomic E-state index is -0.385. The number of esters is 1. The van der Waals surface area contributed by atoms with Gasteiger partial charge in [-0.2, -0.15) is 0 Å². The van der Waals surface area contributed by atoms with E-state index in [1.807, 2.05) is 13.8 Å². The average molecular weight is 203 g/mol. The van der Waals surface area contributed by atoms with Gasteiger partial charge in [0.2, 0.25) is 6.54 Å². The van der Waals surface area contributed by atoms with Crippen molar-refractivity contribution in [2.24, 2.45) is 11.8 Å². The van der Waals surface area contributed by atoms with Gasteiger partial charge in [0, 0.05) is 10.8 Å². The Bertz CT molecular complexity index is 203. The van der Waals surface area contributed by atoms with Crippen molar-refractivity contribution >= 4 is 5.97 Å². The van der Waals surface area contributed by atoms with Crippen LogP contribution in [-0.2, 0) is 9.53 Å². The Balaban J connectivity index is 4.09. The number of carbonyl (C=O) groups excluding carboxylic acids is 1. The fourth-order valence-electron chi connectivity index (χ4n) is 1.14. The van der Waals surface area contributed by atoms with Crippen molar-refractivity contribution < 1.29 is 14.5 Å². The Morgan fingerprint density at radius 2 is 2.07 bits per heavy atom. The van der Waals surface area contributed by atoms with Gasteiger partial charge in [-0.3, -0.25) is 14.9 Å². The van der Waals surface area contributed by atoms with Crippen molar-refractivity contribution in [2.75, 3.05) is 13.2 Å². The molecule has 5 heteroatoms. The first-order valence-electron chi connectivity index (χ1n) is 4.74. The lowest BCUT2D eigenvalue weighted by Gasteiger charge is -2.15. The van der Waals surface area contributed by atoms with Gasteiger partial charge in [0.1, 0.15) is 0 Å². The smallest absolute Gasteiger partial charge is 0.306 e. The van der Waals surface area contributed by atoms with Gasteiger partial charge in [0.25, 0.3) is 0 Å². The molecule has 0 rings (SSSR count). The zero-order valence-corrected chi connectivity index (χ0v) is 8.86. The topological polar surface area (TPSA) is 69.4 Å². The third kappa shape index (κ3) is 5.50. The van der Waals surface area contributed by atoms with Crippen molar-refractivity contribution in [3.05, 3.63) is 10.1 Å².